The van der Waals surface area contributed by atoms with Gasteiger partial charge in [-0.15, -0.1) is 11.8 Å². The molecule has 0 saturated carbocycles. The summed E-state index contributed by atoms with van der Waals surface area (Å²) in [4.78, 5) is 0.643. The lowest BCUT2D eigenvalue weighted by atomic mass is 10.3. The van der Waals surface area contributed by atoms with Gasteiger partial charge in [0.05, 0.1) is 11.4 Å². The van der Waals surface area contributed by atoms with Crippen LogP contribution < -0.4 is 5.32 Å². The second-order valence-electron chi connectivity index (χ2n) is 3.12. The minimum atomic E-state index is -2.38. The predicted octanol–water partition coefficient (Wildman–Crippen LogP) is 3.39. The molecule has 1 N–H and O–H groups in total. The molecule has 92 valence electrons. The standard InChI is InChI=1S/C12H9F2N3S/c13-12(14)8-18-11-4-2-1-3-10(11)17-7-9(5-15)6-16/h1-4,7,12,17H,8H2. The van der Waals surface area contributed by atoms with Crippen molar-refractivity contribution in [3.8, 4) is 12.1 Å². The first-order valence-corrected chi connectivity index (χ1v) is 5.92. The highest BCUT2D eigenvalue weighted by molar-refractivity contribution is 7.99. The van der Waals surface area contributed by atoms with Gasteiger partial charge in [-0.2, -0.15) is 10.5 Å². The third-order valence-electron chi connectivity index (χ3n) is 1.86. The van der Waals surface area contributed by atoms with Crippen molar-refractivity contribution in [2.24, 2.45) is 0 Å². The van der Waals surface area contributed by atoms with Crippen molar-refractivity contribution < 1.29 is 8.78 Å². The molecule has 0 aliphatic rings. The number of allylic oxidation sites excluding steroid dienone is 1. The maximum absolute atomic E-state index is 12.1. The number of nitrogens with one attached hydrogen (secondary N) is 1. The number of benzene rings is 1. The monoisotopic (exact) mass is 265 g/mol. The summed E-state index contributed by atoms with van der Waals surface area (Å²) in [5.74, 6) is -0.300. The number of hydrogen-bond donors (Lipinski definition) is 1. The van der Waals surface area contributed by atoms with Gasteiger partial charge in [0.1, 0.15) is 17.7 Å². The molecule has 0 aliphatic heterocycles. The summed E-state index contributed by atoms with van der Waals surface area (Å²) in [5, 5.41) is 19.9. The van der Waals surface area contributed by atoms with Crippen LogP contribution in [0.1, 0.15) is 0 Å². The van der Waals surface area contributed by atoms with Crippen LogP contribution >= 0.6 is 11.8 Å². The fraction of sp³-hybridized carbons (Fsp3) is 0.167. The Kier molecular flexibility index (Phi) is 5.69. The van der Waals surface area contributed by atoms with Crippen LogP contribution in [-0.2, 0) is 0 Å². The molecule has 0 amide bonds. The molecule has 0 atom stereocenters. The summed E-state index contributed by atoms with van der Waals surface area (Å²) in [6, 6.07) is 10.3. The van der Waals surface area contributed by atoms with Gasteiger partial charge < -0.3 is 5.32 Å². The van der Waals surface area contributed by atoms with Gasteiger partial charge in [0.15, 0.2) is 0 Å². The van der Waals surface area contributed by atoms with Crippen molar-refractivity contribution in [2.45, 2.75) is 11.3 Å². The molecule has 6 heteroatoms. The van der Waals surface area contributed by atoms with E-state index in [9.17, 15) is 8.78 Å². The normalized spacial score (nSPS) is 9.39. The zero-order valence-corrected chi connectivity index (χ0v) is 10.0. The SMILES string of the molecule is N#CC(C#N)=CNc1ccccc1SCC(F)F. The summed E-state index contributed by atoms with van der Waals surface area (Å²) in [5.41, 5.74) is 0.509. The molecule has 3 nitrogen and oxygen atoms in total. The predicted molar refractivity (Wildman–Crippen MR) is 66.1 cm³/mol. The molecule has 0 fully saturated rings. The lowest BCUT2D eigenvalue weighted by Crippen LogP contribution is -1.96. The summed E-state index contributed by atoms with van der Waals surface area (Å²) in [7, 11) is 0. The number of rotatable bonds is 5. The Hall–Kier alpha value is -2.05. The van der Waals surface area contributed by atoms with Gasteiger partial charge in [0.25, 0.3) is 0 Å². The first-order chi connectivity index (χ1) is 8.67. The lowest BCUT2D eigenvalue weighted by molar-refractivity contribution is 0.177. The second-order valence-corrected chi connectivity index (χ2v) is 4.19. The first kappa shape index (κ1) is 14.0. The van der Waals surface area contributed by atoms with Crippen molar-refractivity contribution in [3.63, 3.8) is 0 Å². The molecule has 1 rings (SSSR count). The van der Waals surface area contributed by atoms with Gasteiger partial charge in [0, 0.05) is 11.1 Å². The van der Waals surface area contributed by atoms with Crippen LogP contribution in [0.3, 0.4) is 0 Å². The number of hydrogen-bond acceptors (Lipinski definition) is 4. The summed E-state index contributed by atoms with van der Waals surface area (Å²) < 4.78 is 24.3. The van der Waals surface area contributed by atoms with Crippen LogP contribution in [0.4, 0.5) is 14.5 Å². The average molecular weight is 265 g/mol. The van der Waals surface area contributed by atoms with E-state index in [1.807, 2.05) is 0 Å². The third kappa shape index (κ3) is 4.44. The Balaban J connectivity index is 2.80. The Bertz CT molecular complexity index is 499. The molecule has 0 bridgehead atoms. The molecule has 1 aromatic rings. The van der Waals surface area contributed by atoms with Gasteiger partial charge >= 0.3 is 0 Å². The first-order valence-electron chi connectivity index (χ1n) is 4.94. The van der Waals surface area contributed by atoms with Crippen molar-refractivity contribution >= 4 is 17.4 Å². The van der Waals surface area contributed by atoms with E-state index in [4.69, 9.17) is 10.5 Å². The van der Waals surface area contributed by atoms with E-state index < -0.39 is 6.43 Å². The molecule has 0 radical (unpaired) electrons. The fourth-order valence-corrected chi connectivity index (χ4v) is 1.87. The summed E-state index contributed by atoms with van der Waals surface area (Å²) >= 11 is 1.01. The number of halogens is 2. The summed E-state index contributed by atoms with van der Waals surface area (Å²) in [6.07, 6.45) is -1.13. The van der Waals surface area contributed by atoms with Crippen molar-refractivity contribution in [3.05, 3.63) is 36.0 Å². The van der Waals surface area contributed by atoms with Crippen molar-refractivity contribution in [2.75, 3.05) is 11.1 Å². The van der Waals surface area contributed by atoms with E-state index >= 15 is 0 Å². The number of anilines is 1. The molecule has 0 spiro atoms. The number of alkyl halides is 2. The van der Waals surface area contributed by atoms with Gasteiger partial charge in [-0.1, -0.05) is 12.1 Å². The third-order valence-corrected chi connectivity index (χ3v) is 2.95. The second kappa shape index (κ2) is 7.31. The topological polar surface area (TPSA) is 59.6 Å². The number of thioether (sulfide) groups is 1. The average Bonchev–Trinajstić information content (AvgIpc) is 2.38. The van der Waals surface area contributed by atoms with Crippen LogP contribution in [0, 0.1) is 22.7 Å². The molecule has 0 unspecified atom stereocenters. The molecule has 0 aliphatic carbocycles. The summed E-state index contributed by atoms with van der Waals surface area (Å²) in [6.45, 7) is 0. The molecule has 0 aromatic heterocycles. The Morgan fingerprint density at radius 2 is 2.00 bits per heavy atom. The smallest absolute Gasteiger partial charge is 0.247 e. The van der Waals surface area contributed by atoms with Crippen LogP contribution in [-0.4, -0.2) is 12.2 Å². The quantitative estimate of drug-likeness (QED) is 0.655. The van der Waals surface area contributed by atoms with E-state index in [1.165, 1.54) is 6.20 Å². The van der Waals surface area contributed by atoms with Crippen LogP contribution in [0.5, 0.6) is 0 Å². The maximum atomic E-state index is 12.1. The van der Waals surface area contributed by atoms with E-state index in [2.05, 4.69) is 5.32 Å². The van der Waals surface area contributed by atoms with Gasteiger partial charge in [-0.05, 0) is 12.1 Å². The van der Waals surface area contributed by atoms with E-state index in [0.29, 0.717) is 10.6 Å². The Morgan fingerprint density at radius 3 is 2.61 bits per heavy atom. The molecule has 0 saturated heterocycles. The minimum Gasteiger partial charge on any atom is -0.359 e. The van der Waals surface area contributed by atoms with Gasteiger partial charge in [-0.3, -0.25) is 0 Å². The fourth-order valence-electron chi connectivity index (χ4n) is 1.10. The number of nitriles is 2. The van der Waals surface area contributed by atoms with Crippen molar-refractivity contribution in [1.29, 1.82) is 10.5 Å². The van der Waals surface area contributed by atoms with Gasteiger partial charge in [-0.25, -0.2) is 8.78 Å². The highest BCUT2D eigenvalue weighted by atomic mass is 32.2. The molecular formula is C12H9F2N3S. The maximum Gasteiger partial charge on any atom is 0.247 e. The Labute approximate surface area is 108 Å². The minimum absolute atomic E-state index is 0.0799. The molecule has 18 heavy (non-hydrogen) atoms. The zero-order valence-electron chi connectivity index (χ0n) is 9.23. The van der Waals surface area contributed by atoms with Gasteiger partial charge in [0.2, 0.25) is 6.43 Å². The van der Waals surface area contributed by atoms with E-state index in [-0.39, 0.29) is 11.3 Å². The molecule has 1 aromatic carbocycles. The Morgan fingerprint density at radius 1 is 1.33 bits per heavy atom. The van der Waals surface area contributed by atoms with E-state index in [0.717, 1.165) is 11.8 Å². The number of para-hydroxylation sites is 1. The molecular weight excluding hydrogens is 256 g/mol. The molecule has 0 heterocycles. The zero-order chi connectivity index (χ0) is 13.4. The van der Waals surface area contributed by atoms with Crippen molar-refractivity contribution in [1.82, 2.24) is 0 Å². The van der Waals surface area contributed by atoms with Crippen LogP contribution in [0.15, 0.2) is 40.9 Å². The number of nitrogens with zero attached hydrogens (tertiary/aromatic N) is 2. The van der Waals surface area contributed by atoms with E-state index in [1.54, 1.807) is 36.4 Å². The highest BCUT2D eigenvalue weighted by Crippen LogP contribution is 2.28. The largest absolute Gasteiger partial charge is 0.359 e. The highest BCUT2D eigenvalue weighted by Gasteiger charge is 2.06. The lowest BCUT2D eigenvalue weighted by Gasteiger charge is -2.08. The van der Waals surface area contributed by atoms with Crippen LogP contribution in [0.25, 0.3) is 0 Å². The van der Waals surface area contributed by atoms with Crippen LogP contribution in [0.2, 0.25) is 0 Å².